The van der Waals surface area contributed by atoms with Gasteiger partial charge in [-0.2, -0.15) is 4.39 Å². The average Bonchev–Trinajstić information content (AvgIpc) is 3.19. The Labute approximate surface area is 184 Å². The second kappa shape index (κ2) is 9.07. The summed E-state index contributed by atoms with van der Waals surface area (Å²) in [5.74, 6) is -2.28. The minimum Gasteiger partial charge on any atom is -0.345 e. The van der Waals surface area contributed by atoms with Crippen LogP contribution in [0.3, 0.4) is 0 Å². The van der Waals surface area contributed by atoms with E-state index in [4.69, 9.17) is 0 Å². The van der Waals surface area contributed by atoms with Crippen LogP contribution in [0.1, 0.15) is 30.1 Å². The zero-order chi connectivity index (χ0) is 22.8. The van der Waals surface area contributed by atoms with Crippen molar-refractivity contribution in [1.29, 1.82) is 0 Å². The number of hydrogen-bond acceptors (Lipinski definition) is 4. The SMILES string of the molecule is CCCS(=O)NC1=CCC(F)C(C(=O)c2c[nH]c3ncc(-c4ccnc(F)c4)cc23)=C1F. The number of pyridine rings is 2. The number of hydrogen-bond donors (Lipinski definition) is 2. The van der Waals surface area contributed by atoms with Gasteiger partial charge in [0.1, 0.15) is 22.8 Å². The van der Waals surface area contributed by atoms with E-state index in [1.807, 2.05) is 6.92 Å². The number of alkyl halides is 1. The van der Waals surface area contributed by atoms with E-state index in [-0.39, 0.29) is 17.7 Å². The van der Waals surface area contributed by atoms with E-state index in [9.17, 15) is 17.8 Å². The van der Waals surface area contributed by atoms with Gasteiger partial charge in [-0.15, -0.1) is 0 Å². The third-order valence-electron chi connectivity index (χ3n) is 5.01. The van der Waals surface area contributed by atoms with Crippen molar-refractivity contribution in [2.24, 2.45) is 0 Å². The van der Waals surface area contributed by atoms with Crippen LogP contribution < -0.4 is 4.72 Å². The molecule has 0 aliphatic heterocycles. The molecule has 3 heterocycles. The zero-order valence-corrected chi connectivity index (χ0v) is 17.8. The maximum absolute atomic E-state index is 15.1. The Morgan fingerprint density at radius 3 is 2.84 bits per heavy atom. The van der Waals surface area contributed by atoms with Gasteiger partial charge in [-0.1, -0.05) is 13.0 Å². The fourth-order valence-corrected chi connectivity index (χ4v) is 4.37. The van der Waals surface area contributed by atoms with Gasteiger partial charge in [-0.05, 0) is 24.1 Å². The molecule has 0 aromatic carbocycles. The molecule has 3 aromatic heterocycles. The number of aromatic amines is 1. The second-order valence-corrected chi connectivity index (χ2v) is 8.52. The van der Waals surface area contributed by atoms with E-state index < -0.39 is 40.3 Å². The number of ketones is 1. The topological polar surface area (TPSA) is 87.7 Å². The first-order chi connectivity index (χ1) is 15.4. The molecule has 32 heavy (non-hydrogen) atoms. The Morgan fingerprint density at radius 2 is 2.09 bits per heavy atom. The van der Waals surface area contributed by atoms with Crippen molar-refractivity contribution in [3.8, 4) is 11.1 Å². The Hall–Kier alpha value is -3.27. The third-order valence-corrected chi connectivity index (χ3v) is 6.24. The van der Waals surface area contributed by atoms with Gasteiger partial charge in [0.15, 0.2) is 11.6 Å². The maximum atomic E-state index is 15.1. The molecule has 2 atom stereocenters. The average molecular weight is 460 g/mol. The molecule has 10 heteroatoms. The lowest BCUT2D eigenvalue weighted by Gasteiger charge is -2.19. The molecule has 2 unspecified atom stereocenters. The van der Waals surface area contributed by atoms with Crippen LogP contribution in [0, 0.1) is 5.95 Å². The summed E-state index contributed by atoms with van der Waals surface area (Å²) in [6.45, 7) is 1.83. The van der Waals surface area contributed by atoms with Gasteiger partial charge in [0.05, 0.1) is 11.3 Å². The smallest absolute Gasteiger partial charge is 0.213 e. The van der Waals surface area contributed by atoms with E-state index in [0.717, 1.165) is 0 Å². The van der Waals surface area contributed by atoms with Gasteiger partial charge in [-0.3, -0.25) is 4.79 Å². The summed E-state index contributed by atoms with van der Waals surface area (Å²) in [6.07, 6.45) is 3.94. The van der Waals surface area contributed by atoms with Gasteiger partial charge in [0.2, 0.25) is 5.95 Å². The fourth-order valence-electron chi connectivity index (χ4n) is 3.48. The van der Waals surface area contributed by atoms with E-state index in [1.165, 1.54) is 30.7 Å². The molecule has 6 nitrogen and oxygen atoms in total. The summed E-state index contributed by atoms with van der Waals surface area (Å²) < 4.78 is 57.7. The lowest BCUT2D eigenvalue weighted by molar-refractivity contribution is 0.101. The van der Waals surface area contributed by atoms with Gasteiger partial charge in [0.25, 0.3) is 0 Å². The monoisotopic (exact) mass is 460 g/mol. The molecule has 1 aliphatic rings. The molecule has 3 aromatic rings. The summed E-state index contributed by atoms with van der Waals surface area (Å²) in [5, 5.41) is 0.343. The van der Waals surface area contributed by atoms with Crippen LogP contribution in [0.15, 0.2) is 60.0 Å². The largest absolute Gasteiger partial charge is 0.345 e. The third kappa shape index (κ3) is 4.22. The first-order valence-electron chi connectivity index (χ1n) is 9.92. The van der Waals surface area contributed by atoms with Crippen molar-refractivity contribution in [3.05, 3.63) is 71.5 Å². The zero-order valence-electron chi connectivity index (χ0n) is 17.0. The molecular weight excluding hydrogens is 441 g/mol. The quantitative estimate of drug-likeness (QED) is 0.403. The van der Waals surface area contributed by atoms with Crippen molar-refractivity contribution in [2.45, 2.75) is 25.9 Å². The standard InChI is InChI=1S/C22H19F3N4O2S/c1-2-7-32(31)29-17-4-3-16(23)19(20(17)25)21(30)15-11-28-22-14(15)8-13(10-27-22)12-5-6-26-18(24)9-12/h4-6,8-11,16,29H,2-3,7H2,1H3,(H,27,28). The van der Waals surface area contributed by atoms with Gasteiger partial charge in [-0.25, -0.2) is 23.0 Å². The summed E-state index contributed by atoms with van der Waals surface area (Å²) in [5.41, 5.74) is 0.597. The van der Waals surface area contributed by atoms with Crippen molar-refractivity contribution >= 4 is 27.8 Å². The van der Waals surface area contributed by atoms with E-state index in [0.29, 0.717) is 34.3 Å². The maximum Gasteiger partial charge on any atom is 0.213 e. The summed E-state index contributed by atoms with van der Waals surface area (Å²) in [6, 6.07) is 4.40. The highest BCUT2D eigenvalue weighted by atomic mass is 32.2. The molecule has 0 fully saturated rings. The number of carbonyl (C=O) groups excluding carboxylic acids is 1. The molecule has 0 saturated carbocycles. The van der Waals surface area contributed by atoms with Crippen LogP contribution in [-0.2, 0) is 11.0 Å². The van der Waals surface area contributed by atoms with Crippen molar-refractivity contribution in [1.82, 2.24) is 19.7 Å². The van der Waals surface area contributed by atoms with Crippen molar-refractivity contribution < 1.29 is 22.2 Å². The van der Waals surface area contributed by atoms with Gasteiger partial charge >= 0.3 is 0 Å². The Morgan fingerprint density at radius 1 is 1.28 bits per heavy atom. The highest BCUT2D eigenvalue weighted by molar-refractivity contribution is 7.83. The summed E-state index contributed by atoms with van der Waals surface area (Å²) >= 11 is 0. The number of H-pyrrole nitrogens is 1. The molecule has 4 rings (SSSR count). The lowest BCUT2D eigenvalue weighted by atomic mass is 9.92. The van der Waals surface area contributed by atoms with E-state index in [2.05, 4.69) is 19.7 Å². The first-order valence-corrected chi connectivity index (χ1v) is 11.2. The molecule has 1 aliphatic carbocycles. The number of nitrogens with one attached hydrogen (secondary N) is 2. The molecule has 0 amide bonds. The molecule has 0 radical (unpaired) electrons. The highest BCUT2D eigenvalue weighted by Crippen LogP contribution is 2.33. The number of rotatable bonds is 7. The fraction of sp³-hybridized carbons (Fsp3) is 0.227. The van der Waals surface area contributed by atoms with Crippen LogP contribution in [0.25, 0.3) is 22.2 Å². The van der Waals surface area contributed by atoms with Crippen LogP contribution in [0.2, 0.25) is 0 Å². The van der Waals surface area contributed by atoms with Crippen molar-refractivity contribution in [3.63, 3.8) is 0 Å². The predicted octanol–water partition coefficient (Wildman–Crippen LogP) is 4.46. The number of nitrogens with zero attached hydrogens (tertiary/aromatic N) is 2. The number of allylic oxidation sites excluding steroid dienone is 3. The molecule has 0 saturated heterocycles. The Kier molecular flexibility index (Phi) is 6.22. The van der Waals surface area contributed by atoms with Gasteiger partial charge in [0, 0.05) is 53.3 Å². The molecule has 2 N–H and O–H groups in total. The minimum absolute atomic E-state index is 0.0348. The van der Waals surface area contributed by atoms with Crippen LogP contribution in [0.4, 0.5) is 13.2 Å². The predicted molar refractivity (Wildman–Crippen MR) is 116 cm³/mol. The van der Waals surface area contributed by atoms with E-state index >= 15 is 4.39 Å². The number of halogens is 3. The molecule has 166 valence electrons. The van der Waals surface area contributed by atoms with E-state index in [1.54, 1.807) is 12.1 Å². The summed E-state index contributed by atoms with van der Waals surface area (Å²) in [4.78, 5) is 23.7. The van der Waals surface area contributed by atoms with Crippen LogP contribution in [0.5, 0.6) is 0 Å². The molecular formula is C22H19F3N4O2S. The first kappa shape index (κ1) is 21.9. The molecule has 0 spiro atoms. The summed E-state index contributed by atoms with van der Waals surface area (Å²) in [7, 11) is -1.54. The normalized spacial score (nSPS) is 17.4. The van der Waals surface area contributed by atoms with Crippen LogP contribution in [-0.4, -0.2) is 36.9 Å². The number of aromatic nitrogens is 3. The Bertz CT molecular complexity index is 1290. The Balaban J connectivity index is 1.73. The van der Waals surface area contributed by atoms with Crippen LogP contribution >= 0.6 is 0 Å². The highest BCUT2D eigenvalue weighted by Gasteiger charge is 2.32. The van der Waals surface area contributed by atoms with Crippen molar-refractivity contribution in [2.75, 3.05) is 5.75 Å². The number of carbonyl (C=O) groups is 1. The molecule has 0 bridgehead atoms. The van der Waals surface area contributed by atoms with Gasteiger partial charge < -0.3 is 9.71 Å². The second-order valence-electron chi connectivity index (χ2n) is 7.22. The minimum atomic E-state index is -1.84. The lowest BCUT2D eigenvalue weighted by Crippen LogP contribution is -2.26. The number of fused-ring (bicyclic) bond motifs is 1. The number of Topliss-reactive ketones (excluding diaryl/α,β-unsaturated/α-hetero) is 1.